The van der Waals surface area contributed by atoms with Gasteiger partial charge in [0.25, 0.3) is 5.69 Å². The van der Waals surface area contributed by atoms with Crippen LogP contribution in [0.5, 0.6) is 5.75 Å². The summed E-state index contributed by atoms with van der Waals surface area (Å²) in [5.74, 6) is -0.960. The molecule has 0 aliphatic rings. The zero-order valence-electron chi connectivity index (χ0n) is 8.71. The van der Waals surface area contributed by atoms with Crippen molar-refractivity contribution in [2.45, 2.75) is 0 Å². The van der Waals surface area contributed by atoms with Gasteiger partial charge < -0.3 is 9.84 Å². The molecule has 0 saturated carbocycles. The first-order valence-corrected chi connectivity index (χ1v) is 5.18. The SMILES string of the molecule is COc1ccc(Br)c([N+](=O)[O-])c1/C=C/C(=O)O. The Bertz CT molecular complexity index is 498. The minimum absolute atomic E-state index is 0.106. The van der Waals surface area contributed by atoms with Crippen LogP contribution in [0.1, 0.15) is 5.56 Å². The lowest BCUT2D eigenvalue weighted by Gasteiger charge is -2.06. The predicted octanol–water partition coefficient (Wildman–Crippen LogP) is 2.46. The van der Waals surface area contributed by atoms with E-state index in [0.717, 1.165) is 12.2 Å². The standard InChI is InChI=1S/C10H8BrNO5/c1-17-8-4-3-7(11)10(12(15)16)6(8)2-5-9(13)14/h2-5H,1H3,(H,13,14)/b5-2+. The molecule has 1 rings (SSSR count). The van der Waals surface area contributed by atoms with Crippen LogP contribution in [-0.2, 0) is 4.79 Å². The smallest absolute Gasteiger partial charge is 0.328 e. The summed E-state index contributed by atoms with van der Waals surface area (Å²) in [6.45, 7) is 0. The number of carboxylic acid groups (broad SMARTS) is 1. The summed E-state index contributed by atoms with van der Waals surface area (Å²) in [6.07, 6.45) is 1.95. The molecule has 0 aromatic heterocycles. The summed E-state index contributed by atoms with van der Waals surface area (Å²) < 4.78 is 5.21. The molecule has 0 heterocycles. The van der Waals surface area contributed by atoms with Gasteiger partial charge in [-0.1, -0.05) is 0 Å². The van der Waals surface area contributed by atoms with E-state index in [2.05, 4.69) is 15.9 Å². The topological polar surface area (TPSA) is 89.7 Å². The fraction of sp³-hybridized carbons (Fsp3) is 0.100. The van der Waals surface area contributed by atoms with Crippen molar-refractivity contribution in [3.63, 3.8) is 0 Å². The summed E-state index contributed by atoms with van der Waals surface area (Å²) in [7, 11) is 1.35. The largest absolute Gasteiger partial charge is 0.496 e. The maximum Gasteiger partial charge on any atom is 0.328 e. The molecule has 0 spiro atoms. The highest BCUT2D eigenvalue weighted by Gasteiger charge is 2.20. The molecule has 90 valence electrons. The highest BCUT2D eigenvalue weighted by molar-refractivity contribution is 9.10. The van der Waals surface area contributed by atoms with Crippen molar-refractivity contribution in [1.29, 1.82) is 0 Å². The Hall–Kier alpha value is -1.89. The molecule has 0 amide bonds. The Morgan fingerprint density at radius 2 is 2.24 bits per heavy atom. The summed E-state index contributed by atoms with van der Waals surface area (Å²) in [6, 6.07) is 2.98. The van der Waals surface area contributed by atoms with E-state index in [1.165, 1.54) is 19.2 Å². The molecule has 1 aromatic rings. The van der Waals surface area contributed by atoms with Crippen LogP contribution in [0.2, 0.25) is 0 Å². The number of ether oxygens (including phenoxy) is 1. The first kappa shape index (κ1) is 13.2. The van der Waals surface area contributed by atoms with Crippen molar-refractivity contribution in [1.82, 2.24) is 0 Å². The fourth-order valence-corrected chi connectivity index (χ4v) is 1.73. The van der Waals surface area contributed by atoms with Gasteiger partial charge in [0.15, 0.2) is 0 Å². The number of methoxy groups -OCH3 is 1. The summed E-state index contributed by atoms with van der Waals surface area (Å²) in [5.41, 5.74) is -0.129. The Morgan fingerprint density at radius 3 is 2.71 bits per heavy atom. The molecule has 0 bridgehead atoms. The molecule has 0 unspecified atom stereocenters. The number of rotatable bonds is 4. The van der Waals surface area contributed by atoms with Gasteiger partial charge >= 0.3 is 5.97 Å². The molecule has 0 aliphatic carbocycles. The van der Waals surface area contributed by atoms with E-state index >= 15 is 0 Å². The third kappa shape index (κ3) is 3.04. The number of halogens is 1. The zero-order valence-corrected chi connectivity index (χ0v) is 10.3. The normalized spacial score (nSPS) is 10.5. The van der Waals surface area contributed by atoms with Crippen LogP contribution < -0.4 is 4.74 Å². The Balaban J connectivity index is 3.45. The average molecular weight is 302 g/mol. The minimum Gasteiger partial charge on any atom is -0.496 e. The molecule has 7 heteroatoms. The number of benzene rings is 1. The maximum absolute atomic E-state index is 10.9. The van der Waals surface area contributed by atoms with E-state index in [1.807, 2.05) is 0 Å². The van der Waals surface area contributed by atoms with E-state index in [-0.39, 0.29) is 21.5 Å². The van der Waals surface area contributed by atoms with Gasteiger partial charge in [0.1, 0.15) is 5.75 Å². The van der Waals surface area contributed by atoms with Gasteiger partial charge in [-0.05, 0) is 34.1 Å². The molecular weight excluding hydrogens is 294 g/mol. The predicted molar refractivity (Wildman–Crippen MR) is 64.0 cm³/mol. The molecule has 0 fully saturated rings. The monoisotopic (exact) mass is 301 g/mol. The molecule has 0 atom stereocenters. The summed E-state index contributed by atoms with van der Waals surface area (Å²) >= 11 is 3.04. The zero-order chi connectivity index (χ0) is 13.0. The average Bonchev–Trinajstić information content (AvgIpc) is 2.25. The van der Waals surface area contributed by atoms with Gasteiger partial charge in [0.05, 0.1) is 22.1 Å². The van der Waals surface area contributed by atoms with Crippen molar-refractivity contribution in [3.05, 3.63) is 38.4 Å². The number of carboxylic acids is 1. The van der Waals surface area contributed by atoms with Gasteiger partial charge in [0.2, 0.25) is 0 Å². The Labute approximate surface area is 105 Å². The fourth-order valence-electron chi connectivity index (χ4n) is 1.24. The summed E-state index contributed by atoms with van der Waals surface area (Å²) in [5, 5.41) is 19.4. The van der Waals surface area contributed by atoms with Crippen LogP contribution in [0.3, 0.4) is 0 Å². The Kier molecular flexibility index (Phi) is 4.22. The van der Waals surface area contributed by atoms with Crippen LogP contribution in [0.15, 0.2) is 22.7 Å². The van der Waals surface area contributed by atoms with Crippen LogP contribution >= 0.6 is 15.9 Å². The molecule has 1 aromatic carbocycles. The number of nitro benzene ring substituents is 1. The van der Waals surface area contributed by atoms with E-state index in [1.54, 1.807) is 0 Å². The molecule has 6 nitrogen and oxygen atoms in total. The second-order valence-corrected chi connectivity index (χ2v) is 3.79. The maximum atomic E-state index is 10.9. The molecule has 1 N–H and O–H groups in total. The van der Waals surface area contributed by atoms with Gasteiger partial charge in [-0.2, -0.15) is 0 Å². The molecule has 17 heavy (non-hydrogen) atoms. The van der Waals surface area contributed by atoms with Crippen molar-refractivity contribution < 1.29 is 19.6 Å². The third-order valence-corrected chi connectivity index (χ3v) is 2.56. The van der Waals surface area contributed by atoms with E-state index in [4.69, 9.17) is 9.84 Å². The number of hydrogen-bond acceptors (Lipinski definition) is 4. The quantitative estimate of drug-likeness (QED) is 0.524. The van der Waals surface area contributed by atoms with E-state index in [0.29, 0.717) is 0 Å². The van der Waals surface area contributed by atoms with Crippen LogP contribution in [0, 0.1) is 10.1 Å². The van der Waals surface area contributed by atoms with Crippen molar-refractivity contribution in [2.24, 2.45) is 0 Å². The number of aliphatic carboxylic acids is 1. The van der Waals surface area contributed by atoms with Gasteiger partial charge in [-0.25, -0.2) is 4.79 Å². The second-order valence-electron chi connectivity index (χ2n) is 2.94. The van der Waals surface area contributed by atoms with Gasteiger partial charge in [0, 0.05) is 6.08 Å². The first-order chi connectivity index (χ1) is 7.97. The number of carbonyl (C=O) groups is 1. The summed E-state index contributed by atoms with van der Waals surface area (Å²) in [4.78, 5) is 20.7. The third-order valence-electron chi connectivity index (χ3n) is 1.92. The highest BCUT2D eigenvalue weighted by Crippen LogP contribution is 2.36. The van der Waals surface area contributed by atoms with Crippen LogP contribution in [-0.4, -0.2) is 23.1 Å². The van der Waals surface area contributed by atoms with E-state index < -0.39 is 10.9 Å². The molecule has 0 radical (unpaired) electrons. The number of nitro groups is 1. The highest BCUT2D eigenvalue weighted by atomic mass is 79.9. The van der Waals surface area contributed by atoms with Crippen molar-refractivity contribution in [2.75, 3.05) is 7.11 Å². The first-order valence-electron chi connectivity index (χ1n) is 4.39. The number of nitrogens with zero attached hydrogens (tertiary/aromatic N) is 1. The lowest BCUT2D eigenvalue weighted by Crippen LogP contribution is -1.97. The van der Waals surface area contributed by atoms with Gasteiger partial charge in [-0.3, -0.25) is 10.1 Å². The van der Waals surface area contributed by atoms with E-state index in [9.17, 15) is 14.9 Å². The van der Waals surface area contributed by atoms with Crippen molar-refractivity contribution in [3.8, 4) is 5.75 Å². The molecule has 0 saturated heterocycles. The lowest BCUT2D eigenvalue weighted by atomic mass is 10.1. The molecular formula is C10H8BrNO5. The van der Waals surface area contributed by atoms with Crippen LogP contribution in [0.25, 0.3) is 6.08 Å². The minimum atomic E-state index is -1.19. The molecule has 0 aliphatic heterocycles. The Morgan fingerprint density at radius 1 is 1.59 bits per heavy atom. The van der Waals surface area contributed by atoms with Gasteiger partial charge in [-0.15, -0.1) is 0 Å². The van der Waals surface area contributed by atoms with Crippen LogP contribution in [0.4, 0.5) is 5.69 Å². The number of hydrogen-bond donors (Lipinski definition) is 1. The second kappa shape index (κ2) is 5.44. The van der Waals surface area contributed by atoms with Crippen molar-refractivity contribution >= 4 is 33.7 Å². The lowest BCUT2D eigenvalue weighted by molar-refractivity contribution is -0.385.